The van der Waals surface area contributed by atoms with Crippen molar-refractivity contribution in [3.63, 3.8) is 0 Å². The van der Waals surface area contributed by atoms with E-state index in [1.807, 2.05) is 23.1 Å². The monoisotopic (exact) mass is 209 g/mol. The molecule has 0 atom stereocenters. The molecular weight excluding hydrogens is 186 g/mol. The maximum absolute atomic E-state index is 4.23. The molecule has 0 aliphatic heterocycles. The summed E-state index contributed by atoms with van der Waals surface area (Å²) in [4.78, 5) is 0. The number of nitrogens with one attached hydrogen (secondary N) is 1. The molecule has 0 fully saturated rings. The third-order valence-corrected chi connectivity index (χ3v) is 2.31. The predicted molar refractivity (Wildman–Crippen MR) is 63.7 cm³/mol. The third kappa shape index (κ3) is 4.98. The van der Waals surface area contributed by atoms with Gasteiger partial charge in [0.05, 0.1) is 0 Å². The quantitative estimate of drug-likeness (QED) is 0.778. The normalized spacial score (nSPS) is 12.3. The fraction of sp³-hybridized carbons (Fsp3) is 0.750. The standard InChI is InChI=1S/C12H23N3/c1-11(2)8-13-9-12(3,4)10-15-7-5-6-14-15/h5-7,11,13H,8-10H2,1-4H3. The second-order valence-corrected chi connectivity index (χ2v) is 5.39. The topological polar surface area (TPSA) is 29.9 Å². The fourth-order valence-electron chi connectivity index (χ4n) is 1.59. The Balaban J connectivity index is 2.32. The highest BCUT2D eigenvalue weighted by molar-refractivity contribution is 4.81. The van der Waals surface area contributed by atoms with Gasteiger partial charge in [-0.2, -0.15) is 5.10 Å². The summed E-state index contributed by atoms with van der Waals surface area (Å²) in [6.45, 7) is 12.1. The van der Waals surface area contributed by atoms with Crippen molar-refractivity contribution < 1.29 is 0 Å². The van der Waals surface area contributed by atoms with Crippen LogP contribution in [0, 0.1) is 11.3 Å². The van der Waals surface area contributed by atoms with Crippen LogP contribution >= 0.6 is 0 Å². The molecule has 0 aliphatic rings. The fourth-order valence-corrected chi connectivity index (χ4v) is 1.59. The molecule has 3 nitrogen and oxygen atoms in total. The molecule has 1 aromatic rings. The number of nitrogens with zero attached hydrogens (tertiary/aromatic N) is 2. The average Bonchev–Trinajstić information content (AvgIpc) is 2.54. The minimum atomic E-state index is 0.251. The molecule has 1 aromatic heterocycles. The van der Waals surface area contributed by atoms with Gasteiger partial charge in [0.15, 0.2) is 0 Å². The Morgan fingerprint density at radius 3 is 2.67 bits per heavy atom. The van der Waals surface area contributed by atoms with Crippen molar-refractivity contribution in [1.82, 2.24) is 15.1 Å². The Labute approximate surface area is 92.9 Å². The third-order valence-electron chi connectivity index (χ3n) is 2.31. The van der Waals surface area contributed by atoms with Crippen molar-refractivity contribution in [1.29, 1.82) is 0 Å². The summed E-state index contributed by atoms with van der Waals surface area (Å²) in [6.07, 6.45) is 3.85. The van der Waals surface area contributed by atoms with Gasteiger partial charge < -0.3 is 5.32 Å². The second kappa shape index (κ2) is 5.31. The minimum Gasteiger partial charge on any atom is -0.316 e. The zero-order valence-electron chi connectivity index (χ0n) is 10.3. The molecule has 0 saturated heterocycles. The van der Waals surface area contributed by atoms with E-state index in [9.17, 15) is 0 Å². The van der Waals surface area contributed by atoms with E-state index in [1.165, 1.54) is 0 Å². The van der Waals surface area contributed by atoms with Gasteiger partial charge in [0.25, 0.3) is 0 Å². The molecule has 0 amide bonds. The zero-order valence-corrected chi connectivity index (χ0v) is 10.3. The van der Waals surface area contributed by atoms with Gasteiger partial charge >= 0.3 is 0 Å². The summed E-state index contributed by atoms with van der Waals surface area (Å²) in [7, 11) is 0. The van der Waals surface area contributed by atoms with Crippen molar-refractivity contribution in [2.24, 2.45) is 11.3 Å². The first-order valence-corrected chi connectivity index (χ1v) is 5.68. The van der Waals surface area contributed by atoms with E-state index in [1.54, 1.807) is 0 Å². The highest BCUT2D eigenvalue weighted by Crippen LogP contribution is 2.16. The van der Waals surface area contributed by atoms with Crippen LogP contribution in [0.5, 0.6) is 0 Å². The van der Waals surface area contributed by atoms with Gasteiger partial charge in [-0.05, 0) is 23.9 Å². The van der Waals surface area contributed by atoms with E-state index in [2.05, 4.69) is 38.1 Å². The number of hydrogen-bond acceptors (Lipinski definition) is 2. The highest BCUT2D eigenvalue weighted by atomic mass is 15.3. The Morgan fingerprint density at radius 1 is 1.40 bits per heavy atom. The number of rotatable bonds is 6. The van der Waals surface area contributed by atoms with Crippen LogP contribution in [-0.2, 0) is 6.54 Å². The van der Waals surface area contributed by atoms with Crippen LogP contribution in [0.3, 0.4) is 0 Å². The van der Waals surface area contributed by atoms with Gasteiger partial charge in [0.1, 0.15) is 0 Å². The lowest BCUT2D eigenvalue weighted by molar-refractivity contribution is 0.272. The Hall–Kier alpha value is -0.830. The van der Waals surface area contributed by atoms with E-state index in [0.717, 1.165) is 19.6 Å². The van der Waals surface area contributed by atoms with Gasteiger partial charge in [-0.25, -0.2) is 0 Å². The van der Waals surface area contributed by atoms with E-state index in [4.69, 9.17) is 0 Å². The SMILES string of the molecule is CC(C)CNCC(C)(C)Cn1cccn1. The predicted octanol–water partition coefficient (Wildman–Crippen LogP) is 2.15. The lowest BCUT2D eigenvalue weighted by Crippen LogP contribution is -2.34. The molecule has 3 heteroatoms. The summed E-state index contributed by atoms with van der Waals surface area (Å²) in [5.41, 5.74) is 0.251. The maximum Gasteiger partial charge on any atom is 0.0489 e. The van der Waals surface area contributed by atoms with Crippen LogP contribution in [-0.4, -0.2) is 22.9 Å². The van der Waals surface area contributed by atoms with E-state index in [0.29, 0.717) is 5.92 Å². The second-order valence-electron chi connectivity index (χ2n) is 5.39. The van der Waals surface area contributed by atoms with Gasteiger partial charge in [-0.1, -0.05) is 27.7 Å². The van der Waals surface area contributed by atoms with E-state index in [-0.39, 0.29) is 5.41 Å². The van der Waals surface area contributed by atoms with Crippen LogP contribution in [0.15, 0.2) is 18.5 Å². The van der Waals surface area contributed by atoms with Crippen molar-refractivity contribution in [2.45, 2.75) is 34.2 Å². The lowest BCUT2D eigenvalue weighted by Gasteiger charge is -2.25. The van der Waals surface area contributed by atoms with Crippen LogP contribution in [0.25, 0.3) is 0 Å². The van der Waals surface area contributed by atoms with Gasteiger partial charge in [0.2, 0.25) is 0 Å². The summed E-state index contributed by atoms with van der Waals surface area (Å²) in [5.74, 6) is 0.713. The first-order valence-electron chi connectivity index (χ1n) is 5.68. The first kappa shape index (κ1) is 12.2. The van der Waals surface area contributed by atoms with Crippen LogP contribution < -0.4 is 5.32 Å². The molecule has 0 unspecified atom stereocenters. The number of hydrogen-bond donors (Lipinski definition) is 1. The molecule has 0 aliphatic carbocycles. The molecule has 0 aromatic carbocycles. The van der Waals surface area contributed by atoms with Crippen molar-refractivity contribution in [2.75, 3.05) is 13.1 Å². The largest absolute Gasteiger partial charge is 0.316 e. The Bertz CT molecular complexity index is 262. The molecular formula is C12H23N3. The average molecular weight is 209 g/mol. The molecule has 0 bridgehead atoms. The van der Waals surface area contributed by atoms with E-state index >= 15 is 0 Å². The molecule has 15 heavy (non-hydrogen) atoms. The van der Waals surface area contributed by atoms with Gasteiger partial charge in [0, 0.05) is 25.5 Å². The smallest absolute Gasteiger partial charge is 0.0489 e. The highest BCUT2D eigenvalue weighted by Gasteiger charge is 2.18. The van der Waals surface area contributed by atoms with Crippen LogP contribution in [0.4, 0.5) is 0 Å². The van der Waals surface area contributed by atoms with E-state index < -0.39 is 0 Å². The van der Waals surface area contributed by atoms with Gasteiger partial charge in [-0.15, -0.1) is 0 Å². The van der Waals surface area contributed by atoms with Crippen molar-refractivity contribution in [3.8, 4) is 0 Å². The first-order chi connectivity index (χ1) is 6.99. The number of aromatic nitrogens is 2. The Morgan fingerprint density at radius 2 is 2.13 bits per heavy atom. The lowest BCUT2D eigenvalue weighted by atomic mass is 9.93. The minimum absolute atomic E-state index is 0.251. The molecule has 0 saturated carbocycles. The molecule has 0 radical (unpaired) electrons. The van der Waals surface area contributed by atoms with Gasteiger partial charge in [-0.3, -0.25) is 4.68 Å². The summed E-state index contributed by atoms with van der Waals surface area (Å²) in [6, 6.07) is 1.97. The molecule has 1 heterocycles. The molecule has 0 spiro atoms. The molecule has 1 N–H and O–H groups in total. The maximum atomic E-state index is 4.23. The molecule has 1 rings (SSSR count). The Kier molecular flexibility index (Phi) is 4.33. The molecule has 86 valence electrons. The zero-order chi connectivity index (χ0) is 11.3. The van der Waals surface area contributed by atoms with Crippen LogP contribution in [0.1, 0.15) is 27.7 Å². The summed E-state index contributed by atoms with van der Waals surface area (Å²) in [5, 5.41) is 7.73. The summed E-state index contributed by atoms with van der Waals surface area (Å²) >= 11 is 0. The summed E-state index contributed by atoms with van der Waals surface area (Å²) < 4.78 is 2.00. The van der Waals surface area contributed by atoms with Crippen molar-refractivity contribution >= 4 is 0 Å². The van der Waals surface area contributed by atoms with Crippen molar-refractivity contribution in [3.05, 3.63) is 18.5 Å². The van der Waals surface area contributed by atoms with Crippen LogP contribution in [0.2, 0.25) is 0 Å².